The van der Waals surface area contributed by atoms with Gasteiger partial charge in [0.2, 0.25) is 0 Å². The Labute approximate surface area is 68.9 Å². The number of hydrogen-bond acceptors (Lipinski definition) is 2. The maximum absolute atomic E-state index is 8.50. The molecule has 0 saturated heterocycles. The lowest BCUT2D eigenvalue weighted by atomic mass is 10.2. The second-order valence-corrected chi connectivity index (χ2v) is 2.50. The van der Waals surface area contributed by atoms with Gasteiger partial charge >= 0.3 is 0 Å². The Morgan fingerprint density at radius 3 is 2.55 bits per heavy atom. The predicted octanol–water partition coefficient (Wildman–Crippen LogP) is 2.55. The predicted molar refractivity (Wildman–Crippen MR) is 47.7 cm³/mol. The summed E-state index contributed by atoms with van der Waals surface area (Å²) in [6.07, 6.45) is 4.31. The van der Waals surface area contributed by atoms with Crippen molar-refractivity contribution >= 4 is 5.71 Å². The third-order valence-corrected chi connectivity index (χ3v) is 1.53. The molecular weight excluding hydrogens is 136 g/mol. The van der Waals surface area contributed by atoms with Crippen molar-refractivity contribution in [3.05, 3.63) is 0 Å². The van der Waals surface area contributed by atoms with Gasteiger partial charge in [-0.1, -0.05) is 26.7 Å². The molecule has 0 unspecified atom stereocenters. The quantitative estimate of drug-likeness (QED) is 0.440. The van der Waals surface area contributed by atoms with Gasteiger partial charge in [-0.05, 0) is 12.8 Å². The Balaban J connectivity index is 3.47. The van der Waals surface area contributed by atoms with Gasteiger partial charge in [0.05, 0.1) is 0 Å². The molecule has 0 radical (unpaired) electrons. The highest BCUT2D eigenvalue weighted by Crippen LogP contribution is 1.94. The first kappa shape index (κ1) is 10.2. The molecule has 0 saturated carbocycles. The van der Waals surface area contributed by atoms with E-state index in [9.17, 15) is 0 Å². The molecule has 0 heterocycles. The van der Waals surface area contributed by atoms with Crippen molar-refractivity contribution in [1.82, 2.24) is 0 Å². The minimum Gasteiger partial charge on any atom is -0.279 e. The maximum atomic E-state index is 8.50. The minimum atomic E-state index is 0.682. The molecule has 0 aliphatic heterocycles. The first-order valence-electron chi connectivity index (χ1n) is 4.28. The maximum Gasteiger partial charge on any atom is 0.114 e. The van der Waals surface area contributed by atoms with E-state index in [2.05, 4.69) is 18.0 Å². The van der Waals surface area contributed by atoms with Crippen LogP contribution < -0.4 is 0 Å². The highest BCUT2D eigenvalue weighted by molar-refractivity contribution is 5.98. The van der Waals surface area contributed by atoms with Crippen molar-refractivity contribution in [2.75, 3.05) is 6.54 Å². The number of nitrogens with zero attached hydrogens (tertiary/aromatic N) is 2. The highest BCUT2D eigenvalue weighted by Gasteiger charge is 1.90. The molecular formula is C9H16N2. The van der Waals surface area contributed by atoms with Crippen molar-refractivity contribution in [3.8, 4) is 6.07 Å². The normalized spacial score (nSPS) is 11.2. The van der Waals surface area contributed by atoms with E-state index < -0.39 is 0 Å². The van der Waals surface area contributed by atoms with Crippen LogP contribution in [0, 0.1) is 11.3 Å². The molecule has 2 heteroatoms. The Morgan fingerprint density at radius 2 is 2.09 bits per heavy atom. The van der Waals surface area contributed by atoms with E-state index in [-0.39, 0.29) is 0 Å². The lowest BCUT2D eigenvalue weighted by Gasteiger charge is -1.93. The Hall–Kier alpha value is -0.840. The number of rotatable bonds is 5. The van der Waals surface area contributed by atoms with Crippen LogP contribution in [0.4, 0.5) is 0 Å². The lowest BCUT2D eigenvalue weighted by molar-refractivity contribution is 0.727. The second kappa shape index (κ2) is 7.27. The molecule has 0 bridgehead atoms. The fourth-order valence-corrected chi connectivity index (χ4v) is 0.802. The fourth-order valence-electron chi connectivity index (χ4n) is 0.802. The zero-order valence-electron chi connectivity index (χ0n) is 7.43. The van der Waals surface area contributed by atoms with Crippen LogP contribution in [-0.2, 0) is 0 Å². The molecule has 0 rings (SSSR count). The molecule has 0 N–H and O–H groups in total. The summed E-state index contributed by atoms with van der Waals surface area (Å²) >= 11 is 0. The molecule has 0 aromatic rings. The summed E-state index contributed by atoms with van der Waals surface area (Å²) in [6, 6.07) is 2.08. The van der Waals surface area contributed by atoms with E-state index in [1.165, 1.54) is 12.8 Å². The molecule has 2 nitrogen and oxygen atoms in total. The van der Waals surface area contributed by atoms with Gasteiger partial charge in [-0.2, -0.15) is 5.26 Å². The van der Waals surface area contributed by atoms with Gasteiger partial charge in [0, 0.05) is 6.54 Å². The van der Waals surface area contributed by atoms with Gasteiger partial charge in [0.25, 0.3) is 0 Å². The van der Waals surface area contributed by atoms with E-state index in [1.54, 1.807) is 0 Å². The minimum absolute atomic E-state index is 0.682. The Bertz CT molecular complexity index is 153. The van der Waals surface area contributed by atoms with Crippen molar-refractivity contribution < 1.29 is 0 Å². The monoisotopic (exact) mass is 152 g/mol. The van der Waals surface area contributed by atoms with Gasteiger partial charge in [0.15, 0.2) is 0 Å². The molecule has 62 valence electrons. The van der Waals surface area contributed by atoms with E-state index >= 15 is 0 Å². The van der Waals surface area contributed by atoms with Crippen LogP contribution in [-0.4, -0.2) is 12.3 Å². The van der Waals surface area contributed by atoms with Crippen LogP contribution in [0.2, 0.25) is 0 Å². The van der Waals surface area contributed by atoms with Crippen molar-refractivity contribution in [2.24, 2.45) is 4.99 Å². The summed E-state index contributed by atoms with van der Waals surface area (Å²) in [6.45, 7) is 4.95. The number of aliphatic imine (C=N–C) groups is 1. The summed E-state index contributed by atoms with van der Waals surface area (Å²) in [4.78, 5) is 4.15. The Morgan fingerprint density at radius 1 is 1.36 bits per heavy atom. The zero-order chi connectivity index (χ0) is 8.53. The molecule has 0 aliphatic carbocycles. The summed E-state index contributed by atoms with van der Waals surface area (Å²) in [5.41, 5.74) is 0.682. The first-order chi connectivity index (χ1) is 5.35. The van der Waals surface area contributed by atoms with Gasteiger partial charge in [-0.3, -0.25) is 4.99 Å². The molecule has 0 aromatic heterocycles. The lowest BCUT2D eigenvalue weighted by Crippen LogP contribution is -1.93. The second-order valence-electron chi connectivity index (χ2n) is 2.50. The molecule has 0 aliphatic rings. The summed E-state index contributed by atoms with van der Waals surface area (Å²) in [5, 5.41) is 8.50. The molecule has 11 heavy (non-hydrogen) atoms. The Kier molecular flexibility index (Phi) is 6.71. The molecule has 0 amide bonds. The first-order valence-corrected chi connectivity index (χ1v) is 4.28. The van der Waals surface area contributed by atoms with E-state index in [1.807, 2.05) is 6.92 Å². The molecule has 0 fully saturated rings. The van der Waals surface area contributed by atoms with Gasteiger partial charge in [-0.15, -0.1) is 0 Å². The van der Waals surface area contributed by atoms with E-state index in [0.717, 1.165) is 19.4 Å². The van der Waals surface area contributed by atoms with Crippen LogP contribution in [0.5, 0.6) is 0 Å². The summed E-state index contributed by atoms with van der Waals surface area (Å²) in [7, 11) is 0. The van der Waals surface area contributed by atoms with Crippen LogP contribution in [0.15, 0.2) is 4.99 Å². The van der Waals surface area contributed by atoms with Crippen molar-refractivity contribution in [1.29, 1.82) is 5.26 Å². The number of unbranched alkanes of at least 4 members (excludes halogenated alkanes) is 2. The molecule has 0 aromatic carbocycles. The van der Waals surface area contributed by atoms with Crippen LogP contribution in [0.25, 0.3) is 0 Å². The van der Waals surface area contributed by atoms with Gasteiger partial charge in [0.1, 0.15) is 11.8 Å². The topological polar surface area (TPSA) is 36.1 Å². The van der Waals surface area contributed by atoms with Crippen molar-refractivity contribution in [3.63, 3.8) is 0 Å². The van der Waals surface area contributed by atoms with Crippen LogP contribution in [0.1, 0.15) is 39.5 Å². The average Bonchev–Trinajstić information content (AvgIpc) is 2.05. The molecule has 0 atom stereocenters. The van der Waals surface area contributed by atoms with E-state index in [4.69, 9.17) is 5.26 Å². The fraction of sp³-hybridized carbons (Fsp3) is 0.778. The van der Waals surface area contributed by atoms with Gasteiger partial charge in [-0.25, -0.2) is 0 Å². The smallest absolute Gasteiger partial charge is 0.114 e. The van der Waals surface area contributed by atoms with Crippen molar-refractivity contribution in [2.45, 2.75) is 39.5 Å². The van der Waals surface area contributed by atoms with Crippen LogP contribution in [0.3, 0.4) is 0 Å². The zero-order valence-corrected chi connectivity index (χ0v) is 7.43. The average molecular weight is 152 g/mol. The van der Waals surface area contributed by atoms with E-state index in [0.29, 0.717) is 5.71 Å². The summed E-state index contributed by atoms with van der Waals surface area (Å²) < 4.78 is 0. The van der Waals surface area contributed by atoms with Gasteiger partial charge < -0.3 is 0 Å². The number of nitriles is 1. The standard InChI is InChI=1S/C9H16N2/c1-3-5-6-7-11-9(4-2)8-10/h3-7H2,1-2H3/b11-9+. The third kappa shape index (κ3) is 5.60. The third-order valence-electron chi connectivity index (χ3n) is 1.53. The molecule has 0 spiro atoms. The van der Waals surface area contributed by atoms with Crippen LogP contribution >= 0.6 is 0 Å². The summed E-state index contributed by atoms with van der Waals surface area (Å²) in [5.74, 6) is 0. The highest BCUT2D eigenvalue weighted by atomic mass is 14.7. The SMILES string of the molecule is CCCCC/N=C(/C#N)CC. The largest absolute Gasteiger partial charge is 0.279 e. The number of hydrogen-bond donors (Lipinski definition) is 0.